The minimum Gasteiger partial charge on any atom is -0.306 e. The lowest BCUT2D eigenvalue weighted by molar-refractivity contribution is -0.0876. The number of carbonyl (C=O) groups is 2. The fourth-order valence-corrected chi connectivity index (χ4v) is 6.66. The number of benzene rings is 2. The van der Waals surface area contributed by atoms with Crippen molar-refractivity contribution in [3.63, 3.8) is 0 Å². The Morgan fingerprint density at radius 2 is 1.79 bits per heavy atom. The van der Waals surface area contributed by atoms with Crippen LogP contribution in [0.3, 0.4) is 0 Å². The summed E-state index contributed by atoms with van der Waals surface area (Å²) in [7, 11) is -3.55. The molecule has 0 radical (unpaired) electrons. The van der Waals surface area contributed by atoms with Gasteiger partial charge in [0.2, 0.25) is 0 Å². The first-order valence-electron chi connectivity index (χ1n) is 10.3. The zero-order valence-electron chi connectivity index (χ0n) is 17.5. The SMILES string of the molecule is O=C1c2ccccc2-c2ccc(NC(=O)N(O)C3CCOP(=O)(N(CCCl)CCCl)N3)cc21. The van der Waals surface area contributed by atoms with E-state index < -0.39 is 19.9 Å². The number of ketones is 1. The van der Waals surface area contributed by atoms with Gasteiger partial charge in [-0.1, -0.05) is 30.3 Å². The molecule has 2 unspecified atom stereocenters. The van der Waals surface area contributed by atoms with E-state index in [0.717, 1.165) is 11.1 Å². The molecule has 1 heterocycles. The summed E-state index contributed by atoms with van der Waals surface area (Å²) in [5.74, 6) is 0.296. The Balaban J connectivity index is 1.46. The van der Waals surface area contributed by atoms with Crippen molar-refractivity contribution in [3.8, 4) is 11.1 Å². The van der Waals surface area contributed by atoms with Gasteiger partial charge in [-0.25, -0.2) is 14.6 Å². The van der Waals surface area contributed by atoms with E-state index in [4.69, 9.17) is 27.7 Å². The number of carbonyl (C=O) groups excluding carboxylic acids is 2. The molecule has 2 aromatic rings. The van der Waals surface area contributed by atoms with Gasteiger partial charge in [0.1, 0.15) is 6.17 Å². The molecule has 1 fully saturated rings. The van der Waals surface area contributed by atoms with Gasteiger partial charge >= 0.3 is 13.7 Å². The average molecular weight is 513 g/mol. The number of nitrogens with zero attached hydrogens (tertiary/aromatic N) is 2. The van der Waals surface area contributed by atoms with Crippen LogP contribution in [0.2, 0.25) is 0 Å². The second-order valence-corrected chi connectivity index (χ2v) is 10.4. The van der Waals surface area contributed by atoms with Gasteiger partial charge in [-0.3, -0.25) is 14.6 Å². The van der Waals surface area contributed by atoms with Gasteiger partial charge in [0, 0.05) is 48.1 Å². The van der Waals surface area contributed by atoms with Crippen molar-refractivity contribution in [2.45, 2.75) is 12.6 Å². The van der Waals surface area contributed by atoms with Gasteiger partial charge in [0.25, 0.3) is 0 Å². The molecule has 0 aromatic heterocycles. The Morgan fingerprint density at radius 1 is 1.12 bits per heavy atom. The summed E-state index contributed by atoms with van der Waals surface area (Å²) in [6, 6.07) is 11.5. The predicted molar refractivity (Wildman–Crippen MR) is 126 cm³/mol. The van der Waals surface area contributed by atoms with E-state index >= 15 is 0 Å². The van der Waals surface area contributed by atoms with Gasteiger partial charge in [0.05, 0.1) is 6.61 Å². The number of urea groups is 1. The molecule has 1 saturated heterocycles. The van der Waals surface area contributed by atoms with Crippen LogP contribution in [0.1, 0.15) is 22.3 Å². The minimum absolute atomic E-state index is 0.0615. The van der Waals surface area contributed by atoms with Gasteiger partial charge < -0.3 is 9.84 Å². The van der Waals surface area contributed by atoms with Crippen molar-refractivity contribution < 1.29 is 23.9 Å². The van der Waals surface area contributed by atoms with E-state index in [2.05, 4.69) is 10.4 Å². The number of nitrogens with one attached hydrogen (secondary N) is 2. The highest BCUT2D eigenvalue weighted by atomic mass is 35.5. The summed E-state index contributed by atoms with van der Waals surface area (Å²) in [5.41, 5.74) is 3.07. The highest BCUT2D eigenvalue weighted by Gasteiger charge is 2.40. The third kappa shape index (κ3) is 4.81. The lowest BCUT2D eigenvalue weighted by atomic mass is 10.1. The van der Waals surface area contributed by atoms with Gasteiger partial charge in [-0.15, -0.1) is 23.2 Å². The first kappa shape index (κ1) is 24.2. The van der Waals surface area contributed by atoms with Crippen LogP contribution in [0.4, 0.5) is 10.5 Å². The third-order valence-corrected chi connectivity index (χ3v) is 8.15. The Hall–Kier alpha value is -1.97. The smallest absolute Gasteiger partial charge is 0.306 e. The number of halogens is 2. The number of hydrogen-bond acceptors (Lipinski definition) is 5. The molecule has 2 atom stereocenters. The number of fused-ring (bicyclic) bond motifs is 3. The maximum atomic E-state index is 13.2. The van der Waals surface area contributed by atoms with Crippen LogP contribution in [-0.2, 0) is 9.09 Å². The zero-order valence-corrected chi connectivity index (χ0v) is 19.9. The Labute approximate surface area is 201 Å². The normalized spacial score (nSPS) is 21.6. The molecule has 0 bridgehead atoms. The fraction of sp³-hybridized carbons (Fsp3) is 0.333. The number of hydrogen-bond donors (Lipinski definition) is 3. The van der Waals surface area contributed by atoms with E-state index in [1.165, 1.54) is 4.67 Å². The number of alkyl halides is 2. The van der Waals surface area contributed by atoms with Crippen LogP contribution in [0.5, 0.6) is 0 Å². The summed E-state index contributed by atoms with van der Waals surface area (Å²) in [6.07, 6.45) is -0.750. The van der Waals surface area contributed by atoms with Crippen LogP contribution in [0.15, 0.2) is 42.5 Å². The van der Waals surface area contributed by atoms with E-state index in [0.29, 0.717) is 21.9 Å². The molecule has 4 rings (SSSR count). The van der Waals surface area contributed by atoms with Crippen LogP contribution in [0.25, 0.3) is 11.1 Å². The minimum atomic E-state index is -3.55. The molecule has 33 heavy (non-hydrogen) atoms. The van der Waals surface area contributed by atoms with Crippen LogP contribution in [0, 0.1) is 0 Å². The molecule has 1 aliphatic heterocycles. The number of amides is 2. The van der Waals surface area contributed by atoms with Crippen LogP contribution >= 0.6 is 30.9 Å². The number of anilines is 1. The molecule has 2 aromatic carbocycles. The Bertz CT molecular complexity index is 1110. The molecule has 176 valence electrons. The van der Waals surface area contributed by atoms with Crippen molar-refractivity contribution in [2.75, 3.05) is 36.8 Å². The standard InChI is InChI=1S/C21H23Cl2N4O5P/c22-8-10-26(11-9-23)33(31)25-19(7-12-32-33)27(30)21(29)24-14-5-6-16-15-3-1-2-4-17(15)20(28)18(16)13-14/h1-6,13,19,30H,7-12H2,(H,24,29)(H,25,31). The van der Waals surface area contributed by atoms with E-state index in [1.807, 2.05) is 12.1 Å². The molecule has 1 aliphatic carbocycles. The van der Waals surface area contributed by atoms with Crippen molar-refractivity contribution in [3.05, 3.63) is 53.6 Å². The molecule has 0 saturated carbocycles. The van der Waals surface area contributed by atoms with Crippen molar-refractivity contribution in [1.82, 2.24) is 14.8 Å². The summed E-state index contributed by atoms with van der Waals surface area (Å²) in [6.45, 7) is 0.578. The quantitative estimate of drug-likeness (QED) is 0.187. The van der Waals surface area contributed by atoms with Crippen LogP contribution in [-0.4, -0.2) is 64.4 Å². The summed E-state index contributed by atoms with van der Waals surface area (Å²) >= 11 is 11.6. The molecular weight excluding hydrogens is 490 g/mol. The Kier molecular flexibility index (Phi) is 7.40. The highest BCUT2D eigenvalue weighted by Crippen LogP contribution is 2.49. The molecule has 2 amide bonds. The van der Waals surface area contributed by atoms with E-state index in [9.17, 15) is 19.4 Å². The second kappa shape index (κ2) is 10.1. The van der Waals surface area contributed by atoms with Gasteiger partial charge in [-0.2, -0.15) is 5.06 Å². The lowest BCUT2D eigenvalue weighted by Gasteiger charge is -2.39. The van der Waals surface area contributed by atoms with Crippen molar-refractivity contribution >= 4 is 48.4 Å². The maximum Gasteiger partial charge on any atom is 0.347 e. The third-order valence-electron chi connectivity index (χ3n) is 5.51. The van der Waals surface area contributed by atoms with E-state index in [-0.39, 0.29) is 43.7 Å². The van der Waals surface area contributed by atoms with Crippen molar-refractivity contribution in [2.24, 2.45) is 0 Å². The maximum absolute atomic E-state index is 13.2. The molecule has 0 spiro atoms. The molecule has 12 heteroatoms. The summed E-state index contributed by atoms with van der Waals surface area (Å²) in [4.78, 5) is 25.4. The summed E-state index contributed by atoms with van der Waals surface area (Å²) in [5, 5.41) is 16.3. The topological polar surface area (TPSA) is 111 Å². The van der Waals surface area contributed by atoms with Gasteiger partial charge in [-0.05, 0) is 23.3 Å². The fourth-order valence-electron chi connectivity index (χ4n) is 3.92. The first-order valence-corrected chi connectivity index (χ1v) is 13.0. The monoisotopic (exact) mass is 512 g/mol. The van der Waals surface area contributed by atoms with Crippen LogP contribution < -0.4 is 10.4 Å². The largest absolute Gasteiger partial charge is 0.347 e. The van der Waals surface area contributed by atoms with Gasteiger partial charge in [0.15, 0.2) is 5.78 Å². The first-order chi connectivity index (χ1) is 15.9. The average Bonchev–Trinajstić information content (AvgIpc) is 3.10. The molecule has 2 aliphatic rings. The second-order valence-electron chi connectivity index (χ2n) is 7.53. The summed E-state index contributed by atoms with van der Waals surface area (Å²) < 4.78 is 20.2. The zero-order chi connectivity index (χ0) is 23.6. The Morgan fingerprint density at radius 3 is 2.48 bits per heavy atom. The number of rotatable bonds is 7. The number of hydroxylamine groups is 2. The molecule has 9 nitrogen and oxygen atoms in total. The van der Waals surface area contributed by atoms with E-state index in [1.54, 1.807) is 30.3 Å². The molecule has 3 N–H and O–H groups in total. The lowest BCUT2D eigenvalue weighted by Crippen LogP contribution is -2.52. The predicted octanol–water partition coefficient (Wildman–Crippen LogP) is 4.34. The molecular formula is C21H23Cl2N4O5P. The highest BCUT2D eigenvalue weighted by molar-refractivity contribution is 7.54. The van der Waals surface area contributed by atoms with Crippen molar-refractivity contribution in [1.29, 1.82) is 0 Å².